The summed E-state index contributed by atoms with van der Waals surface area (Å²) in [5, 5.41) is 15.6. The molecule has 0 bridgehead atoms. The molecule has 0 aromatic heterocycles. The van der Waals surface area contributed by atoms with Crippen molar-refractivity contribution in [2.75, 3.05) is 0 Å². The van der Waals surface area contributed by atoms with Crippen LogP contribution in [0.3, 0.4) is 0 Å². The first kappa shape index (κ1) is 18.8. The molecule has 6 N–H and O–H groups in total. The minimum atomic E-state index is -1.18. The molecular weight excluding hydrogens is 280 g/mol. The van der Waals surface area contributed by atoms with E-state index in [1.165, 1.54) is 27.7 Å². The zero-order valence-electron chi connectivity index (χ0n) is 12.5. The number of hydrogen-bond donors (Lipinski definition) is 5. The molecule has 0 aromatic rings. The van der Waals surface area contributed by atoms with E-state index in [1.807, 2.05) is 0 Å². The summed E-state index contributed by atoms with van der Waals surface area (Å²) in [5.74, 6) is -2.88. The van der Waals surface area contributed by atoms with E-state index in [1.54, 1.807) is 0 Å². The standard InChI is InChI=1S/C12H22N4O5/c1-5(13)9(17)14-6(2)10(18)15-7(3)11(19)16-8(4)12(20)21/h5-8H,13H2,1-4H3,(H,14,17)(H,15,18)(H,16,19)(H,20,21)/t5-,6-,7-,8+/m0/s1. The van der Waals surface area contributed by atoms with Gasteiger partial charge in [-0.25, -0.2) is 0 Å². The van der Waals surface area contributed by atoms with Crippen molar-refractivity contribution in [2.45, 2.75) is 51.9 Å². The van der Waals surface area contributed by atoms with Crippen molar-refractivity contribution in [1.29, 1.82) is 0 Å². The Morgan fingerprint density at radius 1 is 0.762 bits per heavy atom. The highest BCUT2D eigenvalue weighted by Crippen LogP contribution is 1.91. The maximum absolute atomic E-state index is 11.8. The van der Waals surface area contributed by atoms with Crippen LogP contribution >= 0.6 is 0 Å². The third-order valence-electron chi connectivity index (χ3n) is 2.65. The molecule has 3 amide bonds. The van der Waals surface area contributed by atoms with Crippen LogP contribution < -0.4 is 21.7 Å². The minimum Gasteiger partial charge on any atom is -0.480 e. The second kappa shape index (κ2) is 8.20. The molecule has 4 atom stereocenters. The van der Waals surface area contributed by atoms with Gasteiger partial charge in [-0.05, 0) is 27.7 Å². The van der Waals surface area contributed by atoms with E-state index in [2.05, 4.69) is 16.0 Å². The van der Waals surface area contributed by atoms with E-state index < -0.39 is 47.9 Å². The number of aliphatic carboxylic acids is 1. The SMILES string of the molecule is C[C@H](N)C(=O)N[C@@H](C)C(=O)N[C@@H](C)C(=O)N[C@H](C)C(=O)O. The molecule has 0 saturated carbocycles. The van der Waals surface area contributed by atoms with Crippen LogP contribution in [-0.2, 0) is 19.2 Å². The maximum Gasteiger partial charge on any atom is 0.325 e. The molecule has 0 saturated heterocycles. The summed E-state index contributed by atoms with van der Waals surface area (Å²) in [6, 6.07) is -3.62. The van der Waals surface area contributed by atoms with Crippen molar-refractivity contribution in [3.63, 3.8) is 0 Å². The first-order valence-corrected chi connectivity index (χ1v) is 6.45. The Hall–Kier alpha value is -2.16. The Kier molecular flexibility index (Phi) is 7.36. The summed E-state index contributed by atoms with van der Waals surface area (Å²) in [6.45, 7) is 5.63. The first-order chi connectivity index (χ1) is 9.56. The van der Waals surface area contributed by atoms with Gasteiger partial charge in [0.15, 0.2) is 0 Å². The van der Waals surface area contributed by atoms with Gasteiger partial charge in [0.1, 0.15) is 18.1 Å². The van der Waals surface area contributed by atoms with Gasteiger partial charge in [0.05, 0.1) is 6.04 Å². The Morgan fingerprint density at radius 2 is 1.10 bits per heavy atom. The third kappa shape index (κ3) is 6.70. The number of nitrogens with two attached hydrogens (primary N) is 1. The number of rotatable bonds is 7. The molecule has 21 heavy (non-hydrogen) atoms. The van der Waals surface area contributed by atoms with Gasteiger partial charge in [-0.1, -0.05) is 0 Å². The van der Waals surface area contributed by atoms with Crippen molar-refractivity contribution < 1.29 is 24.3 Å². The van der Waals surface area contributed by atoms with Crippen molar-refractivity contribution in [3.05, 3.63) is 0 Å². The van der Waals surface area contributed by atoms with Crippen molar-refractivity contribution in [1.82, 2.24) is 16.0 Å². The molecule has 0 radical (unpaired) electrons. The predicted octanol–water partition coefficient (Wildman–Crippen LogP) is -2.07. The molecule has 9 heteroatoms. The highest BCUT2D eigenvalue weighted by atomic mass is 16.4. The molecule has 0 spiro atoms. The number of carbonyl (C=O) groups excluding carboxylic acids is 3. The molecule has 0 aliphatic rings. The highest BCUT2D eigenvalue weighted by molar-refractivity contribution is 5.93. The first-order valence-electron chi connectivity index (χ1n) is 6.45. The lowest BCUT2D eigenvalue weighted by Crippen LogP contribution is -2.54. The van der Waals surface area contributed by atoms with E-state index in [0.717, 1.165) is 0 Å². The predicted molar refractivity (Wildman–Crippen MR) is 74.1 cm³/mol. The van der Waals surface area contributed by atoms with E-state index in [9.17, 15) is 19.2 Å². The average molecular weight is 302 g/mol. The minimum absolute atomic E-state index is 0.491. The van der Waals surface area contributed by atoms with Crippen LogP contribution in [-0.4, -0.2) is 53.0 Å². The number of carbonyl (C=O) groups is 4. The van der Waals surface area contributed by atoms with Gasteiger partial charge in [0.2, 0.25) is 17.7 Å². The molecule has 0 aliphatic carbocycles. The molecule has 0 aliphatic heterocycles. The molecule has 0 heterocycles. The fourth-order valence-corrected chi connectivity index (χ4v) is 1.21. The fraction of sp³-hybridized carbons (Fsp3) is 0.667. The van der Waals surface area contributed by atoms with Crippen molar-refractivity contribution in [2.24, 2.45) is 5.73 Å². The lowest BCUT2D eigenvalue weighted by Gasteiger charge is -2.19. The number of hydrogen-bond acceptors (Lipinski definition) is 5. The summed E-state index contributed by atoms with van der Waals surface area (Å²) in [7, 11) is 0. The Balaban J connectivity index is 4.40. The van der Waals surface area contributed by atoms with E-state index in [0.29, 0.717) is 0 Å². The zero-order valence-corrected chi connectivity index (χ0v) is 12.5. The molecule has 9 nitrogen and oxygen atoms in total. The van der Waals surface area contributed by atoms with Crippen LogP contribution in [0, 0.1) is 0 Å². The van der Waals surface area contributed by atoms with E-state index in [4.69, 9.17) is 10.8 Å². The molecule has 0 unspecified atom stereocenters. The zero-order chi connectivity index (χ0) is 16.7. The van der Waals surface area contributed by atoms with Crippen LogP contribution in [0.15, 0.2) is 0 Å². The summed E-state index contributed by atoms with van der Waals surface area (Å²) < 4.78 is 0. The fourth-order valence-electron chi connectivity index (χ4n) is 1.21. The second-order valence-corrected chi connectivity index (χ2v) is 4.82. The summed E-state index contributed by atoms with van der Waals surface area (Å²) >= 11 is 0. The topological polar surface area (TPSA) is 151 Å². The highest BCUT2D eigenvalue weighted by Gasteiger charge is 2.23. The van der Waals surface area contributed by atoms with Crippen LogP contribution in [0.1, 0.15) is 27.7 Å². The van der Waals surface area contributed by atoms with Crippen molar-refractivity contribution >= 4 is 23.7 Å². The number of carboxylic acids is 1. The number of amides is 3. The maximum atomic E-state index is 11.8. The van der Waals surface area contributed by atoms with Gasteiger partial charge in [-0.3, -0.25) is 19.2 Å². The van der Waals surface area contributed by atoms with Crippen molar-refractivity contribution in [3.8, 4) is 0 Å². The molecule has 120 valence electrons. The summed E-state index contributed by atoms with van der Waals surface area (Å²) in [4.78, 5) is 45.4. The lowest BCUT2D eigenvalue weighted by molar-refractivity contribution is -0.141. The second-order valence-electron chi connectivity index (χ2n) is 4.82. The van der Waals surface area contributed by atoms with Gasteiger partial charge in [0, 0.05) is 0 Å². The molecular formula is C12H22N4O5. The van der Waals surface area contributed by atoms with E-state index in [-0.39, 0.29) is 0 Å². The third-order valence-corrected chi connectivity index (χ3v) is 2.65. The van der Waals surface area contributed by atoms with E-state index >= 15 is 0 Å². The quantitative estimate of drug-likeness (QED) is 0.364. The van der Waals surface area contributed by atoms with Crippen LogP contribution in [0.5, 0.6) is 0 Å². The Bertz CT molecular complexity index is 424. The van der Waals surface area contributed by atoms with Gasteiger partial charge in [-0.2, -0.15) is 0 Å². The van der Waals surface area contributed by atoms with Gasteiger partial charge in [0.25, 0.3) is 0 Å². The average Bonchev–Trinajstić information content (AvgIpc) is 2.37. The molecule has 0 rings (SSSR count). The lowest BCUT2D eigenvalue weighted by atomic mass is 10.2. The van der Waals surface area contributed by atoms with Crippen LogP contribution in [0.2, 0.25) is 0 Å². The van der Waals surface area contributed by atoms with Gasteiger partial charge >= 0.3 is 5.97 Å². The number of nitrogens with one attached hydrogen (secondary N) is 3. The van der Waals surface area contributed by atoms with Gasteiger partial charge in [-0.15, -0.1) is 0 Å². The Morgan fingerprint density at radius 3 is 1.43 bits per heavy atom. The number of carboxylic acid groups (broad SMARTS) is 1. The van der Waals surface area contributed by atoms with Crippen LogP contribution in [0.4, 0.5) is 0 Å². The molecule has 0 fully saturated rings. The monoisotopic (exact) mass is 302 g/mol. The summed E-state index contributed by atoms with van der Waals surface area (Å²) in [6.07, 6.45) is 0. The van der Waals surface area contributed by atoms with Gasteiger partial charge < -0.3 is 26.8 Å². The largest absolute Gasteiger partial charge is 0.480 e. The Labute approximate surface area is 122 Å². The molecule has 0 aromatic carbocycles. The smallest absolute Gasteiger partial charge is 0.325 e. The van der Waals surface area contributed by atoms with Crippen LogP contribution in [0.25, 0.3) is 0 Å². The summed E-state index contributed by atoms with van der Waals surface area (Å²) in [5.41, 5.74) is 5.35. The normalized spacial score (nSPS) is 16.0.